The SMILES string of the molecule is O=C(O)Cc1ccc(-c2ccc(C(F)(F)F)cc2)cc1F. The maximum Gasteiger partial charge on any atom is 0.416 e. The van der Waals surface area contributed by atoms with Gasteiger partial charge in [0.2, 0.25) is 0 Å². The number of alkyl halides is 3. The molecule has 0 aromatic heterocycles. The molecule has 0 amide bonds. The molecular formula is C15H10F4O2. The number of hydrogen-bond donors (Lipinski definition) is 1. The van der Waals surface area contributed by atoms with Gasteiger partial charge in [0.05, 0.1) is 12.0 Å². The largest absolute Gasteiger partial charge is 0.481 e. The van der Waals surface area contributed by atoms with Crippen molar-refractivity contribution in [3.8, 4) is 11.1 Å². The van der Waals surface area contributed by atoms with Crippen LogP contribution in [0.2, 0.25) is 0 Å². The molecule has 0 aliphatic rings. The normalized spacial score (nSPS) is 11.4. The van der Waals surface area contributed by atoms with E-state index in [1.54, 1.807) is 0 Å². The molecule has 0 saturated carbocycles. The third-order valence-electron chi connectivity index (χ3n) is 2.94. The summed E-state index contributed by atoms with van der Waals surface area (Å²) in [6, 6.07) is 8.22. The van der Waals surface area contributed by atoms with E-state index in [0.29, 0.717) is 11.1 Å². The predicted molar refractivity (Wildman–Crippen MR) is 68.2 cm³/mol. The Morgan fingerprint density at radius 3 is 2.05 bits per heavy atom. The molecule has 0 saturated heterocycles. The van der Waals surface area contributed by atoms with Gasteiger partial charge in [0.15, 0.2) is 0 Å². The smallest absolute Gasteiger partial charge is 0.416 e. The first kappa shape index (κ1) is 15.0. The number of benzene rings is 2. The van der Waals surface area contributed by atoms with E-state index in [2.05, 4.69) is 0 Å². The number of halogens is 4. The molecule has 0 spiro atoms. The second-order valence-corrected chi connectivity index (χ2v) is 4.45. The summed E-state index contributed by atoms with van der Waals surface area (Å²) in [7, 11) is 0. The highest BCUT2D eigenvalue weighted by molar-refractivity contribution is 5.71. The van der Waals surface area contributed by atoms with Crippen LogP contribution in [0.4, 0.5) is 17.6 Å². The van der Waals surface area contributed by atoms with Crippen LogP contribution in [0.1, 0.15) is 11.1 Å². The lowest BCUT2D eigenvalue weighted by atomic mass is 10.0. The summed E-state index contributed by atoms with van der Waals surface area (Å²) in [6.07, 6.45) is -4.87. The van der Waals surface area contributed by atoms with Gasteiger partial charge in [-0.3, -0.25) is 4.79 Å². The van der Waals surface area contributed by atoms with Gasteiger partial charge in [0, 0.05) is 0 Å². The van der Waals surface area contributed by atoms with Crippen molar-refractivity contribution in [2.24, 2.45) is 0 Å². The molecule has 0 heterocycles. The first-order chi connectivity index (χ1) is 9.77. The van der Waals surface area contributed by atoms with Crippen LogP contribution in [-0.4, -0.2) is 11.1 Å². The first-order valence-corrected chi connectivity index (χ1v) is 5.95. The zero-order valence-corrected chi connectivity index (χ0v) is 10.6. The molecule has 21 heavy (non-hydrogen) atoms. The summed E-state index contributed by atoms with van der Waals surface area (Å²) in [4.78, 5) is 10.5. The van der Waals surface area contributed by atoms with E-state index in [0.717, 1.165) is 18.2 Å². The molecule has 0 fully saturated rings. The maximum absolute atomic E-state index is 13.7. The Hall–Kier alpha value is -2.37. The quantitative estimate of drug-likeness (QED) is 0.865. The number of hydrogen-bond acceptors (Lipinski definition) is 1. The fourth-order valence-corrected chi connectivity index (χ4v) is 1.88. The Morgan fingerprint density at radius 1 is 1.00 bits per heavy atom. The number of carbonyl (C=O) groups is 1. The number of aliphatic carboxylic acids is 1. The lowest BCUT2D eigenvalue weighted by Crippen LogP contribution is -2.04. The van der Waals surface area contributed by atoms with Gasteiger partial charge in [0.1, 0.15) is 5.82 Å². The van der Waals surface area contributed by atoms with E-state index >= 15 is 0 Å². The molecule has 2 rings (SSSR count). The molecule has 0 aliphatic heterocycles. The highest BCUT2D eigenvalue weighted by atomic mass is 19.4. The van der Waals surface area contributed by atoms with Crippen molar-refractivity contribution in [1.29, 1.82) is 0 Å². The van der Waals surface area contributed by atoms with Gasteiger partial charge >= 0.3 is 12.1 Å². The molecular weight excluding hydrogens is 288 g/mol. The van der Waals surface area contributed by atoms with Gasteiger partial charge in [-0.2, -0.15) is 13.2 Å². The average Bonchev–Trinajstić information content (AvgIpc) is 2.40. The zero-order chi connectivity index (χ0) is 15.6. The molecule has 0 radical (unpaired) electrons. The van der Waals surface area contributed by atoms with Crippen LogP contribution in [0.5, 0.6) is 0 Å². The third kappa shape index (κ3) is 3.59. The van der Waals surface area contributed by atoms with Gasteiger partial charge in [0.25, 0.3) is 0 Å². The van der Waals surface area contributed by atoms with Crippen LogP contribution in [0.15, 0.2) is 42.5 Å². The van der Waals surface area contributed by atoms with Crippen molar-refractivity contribution in [3.63, 3.8) is 0 Å². The second-order valence-electron chi connectivity index (χ2n) is 4.45. The van der Waals surface area contributed by atoms with Crippen LogP contribution in [0, 0.1) is 5.82 Å². The molecule has 2 nitrogen and oxygen atoms in total. The minimum absolute atomic E-state index is 0.0261. The van der Waals surface area contributed by atoms with Crippen molar-refractivity contribution in [2.75, 3.05) is 0 Å². The minimum atomic E-state index is -4.42. The number of carboxylic acids is 1. The van der Waals surface area contributed by atoms with Crippen LogP contribution in [0.3, 0.4) is 0 Å². The van der Waals surface area contributed by atoms with E-state index in [9.17, 15) is 22.4 Å². The summed E-state index contributed by atoms with van der Waals surface area (Å²) in [5.74, 6) is -1.86. The summed E-state index contributed by atoms with van der Waals surface area (Å²) < 4.78 is 51.1. The van der Waals surface area contributed by atoms with Gasteiger partial charge in [-0.05, 0) is 34.9 Å². The van der Waals surface area contributed by atoms with E-state index in [1.807, 2.05) is 0 Å². The van der Waals surface area contributed by atoms with Crippen molar-refractivity contribution in [3.05, 3.63) is 59.4 Å². The number of rotatable bonds is 3. The number of carboxylic acid groups (broad SMARTS) is 1. The van der Waals surface area contributed by atoms with Gasteiger partial charge in [-0.25, -0.2) is 4.39 Å². The van der Waals surface area contributed by atoms with E-state index in [4.69, 9.17) is 5.11 Å². The molecule has 0 aliphatic carbocycles. The monoisotopic (exact) mass is 298 g/mol. The Morgan fingerprint density at radius 2 is 1.57 bits per heavy atom. The van der Waals surface area contributed by atoms with Crippen LogP contribution in [0.25, 0.3) is 11.1 Å². The Labute approximate surface area is 117 Å². The Kier molecular flexibility index (Phi) is 3.97. The molecule has 2 aromatic rings. The summed E-state index contributed by atoms with van der Waals surface area (Å²) >= 11 is 0. The fourth-order valence-electron chi connectivity index (χ4n) is 1.88. The van der Waals surface area contributed by atoms with Crippen molar-refractivity contribution in [1.82, 2.24) is 0 Å². The second kappa shape index (κ2) is 5.55. The van der Waals surface area contributed by atoms with E-state index in [1.165, 1.54) is 24.3 Å². The van der Waals surface area contributed by atoms with E-state index in [-0.39, 0.29) is 5.56 Å². The Bertz CT molecular complexity index is 660. The average molecular weight is 298 g/mol. The zero-order valence-electron chi connectivity index (χ0n) is 10.6. The van der Waals surface area contributed by atoms with Crippen LogP contribution < -0.4 is 0 Å². The molecule has 2 aromatic carbocycles. The van der Waals surface area contributed by atoms with Crippen molar-refractivity contribution < 1.29 is 27.5 Å². The third-order valence-corrected chi connectivity index (χ3v) is 2.94. The topological polar surface area (TPSA) is 37.3 Å². The van der Waals surface area contributed by atoms with Gasteiger partial charge in [-0.15, -0.1) is 0 Å². The van der Waals surface area contributed by atoms with E-state index < -0.39 is 29.9 Å². The molecule has 6 heteroatoms. The highest BCUT2D eigenvalue weighted by Gasteiger charge is 2.29. The minimum Gasteiger partial charge on any atom is -0.481 e. The lowest BCUT2D eigenvalue weighted by Gasteiger charge is -2.08. The summed E-state index contributed by atoms with van der Waals surface area (Å²) in [6.45, 7) is 0. The fraction of sp³-hybridized carbons (Fsp3) is 0.133. The van der Waals surface area contributed by atoms with Crippen LogP contribution in [-0.2, 0) is 17.4 Å². The first-order valence-electron chi connectivity index (χ1n) is 5.95. The van der Waals surface area contributed by atoms with Crippen LogP contribution >= 0.6 is 0 Å². The van der Waals surface area contributed by atoms with Crippen molar-refractivity contribution in [2.45, 2.75) is 12.6 Å². The Balaban J connectivity index is 2.30. The predicted octanol–water partition coefficient (Wildman–Crippen LogP) is 4.14. The molecule has 110 valence electrons. The summed E-state index contributed by atoms with van der Waals surface area (Å²) in [5.41, 5.74) is 0.0477. The highest BCUT2D eigenvalue weighted by Crippen LogP contribution is 2.31. The van der Waals surface area contributed by atoms with Crippen molar-refractivity contribution >= 4 is 5.97 Å². The summed E-state index contributed by atoms with van der Waals surface area (Å²) in [5, 5.41) is 8.61. The molecule has 0 bridgehead atoms. The molecule has 0 atom stereocenters. The van der Waals surface area contributed by atoms with Gasteiger partial charge in [-0.1, -0.05) is 24.3 Å². The lowest BCUT2D eigenvalue weighted by molar-refractivity contribution is -0.138. The molecule has 1 N–H and O–H groups in total. The standard InChI is InChI=1S/C15H10F4O2/c16-13-7-10(1-2-11(13)8-14(20)21)9-3-5-12(6-4-9)15(17,18)19/h1-7H,8H2,(H,20,21). The van der Waals surface area contributed by atoms with Gasteiger partial charge < -0.3 is 5.11 Å². The maximum atomic E-state index is 13.7. The molecule has 0 unspecified atom stereocenters.